The Bertz CT molecular complexity index is 344. The minimum absolute atomic E-state index is 0.199. The highest BCUT2D eigenvalue weighted by molar-refractivity contribution is 9.10. The molecule has 0 radical (unpaired) electrons. The van der Waals surface area contributed by atoms with Gasteiger partial charge >= 0.3 is 0 Å². The molecule has 0 heterocycles. The van der Waals surface area contributed by atoms with Crippen LogP contribution in [0.25, 0.3) is 0 Å². The van der Waals surface area contributed by atoms with Crippen molar-refractivity contribution in [2.24, 2.45) is 0 Å². The summed E-state index contributed by atoms with van der Waals surface area (Å²) in [6.07, 6.45) is 0.199. The van der Waals surface area contributed by atoms with Crippen LogP contribution in [0.2, 0.25) is 0 Å². The van der Waals surface area contributed by atoms with E-state index >= 15 is 0 Å². The summed E-state index contributed by atoms with van der Waals surface area (Å²) in [4.78, 5) is 0. The second kappa shape index (κ2) is 3.55. The van der Waals surface area contributed by atoms with Crippen LogP contribution in [0.4, 0.5) is 10.1 Å². The molecule has 0 aromatic heterocycles. The third kappa shape index (κ3) is 1.56. The lowest BCUT2D eigenvalue weighted by atomic mass is 10.1. The zero-order valence-corrected chi connectivity index (χ0v) is 7.73. The first kappa shape index (κ1) is 9.01. The van der Waals surface area contributed by atoms with Crippen LogP contribution in [0.5, 0.6) is 0 Å². The summed E-state index contributed by atoms with van der Waals surface area (Å²) in [6, 6.07) is 4.75. The third-order valence-corrected chi connectivity index (χ3v) is 2.30. The predicted molar refractivity (Wildman–Crippen MR) is 47.8 cm³/mol. The van der Waals surface area contributed by atoms with Gasteiger partial charge in [0.25, 0.3) is 0 Å². The zero-order chi connectivity index (χ0) is 9.14. The van der Waals surface area contributed by atoms with Gasteiger partial charge in [0.1, 0.15) is 5.82 Å². The molecule has 0 aliphatic carbocycles. The van der Waals surface area contributed by atoms with Crippen LogP contribution in [0, 0.1) is 17.1 Å². The Labute approximate surface area is 77.9 Å². The summed E-state index contributed by atoms with van der Waals surface area (Å²) in [5.74, 6) is -0.408. The van der Waals surface area contributed by atoms with Gasteiger partial charge in [-0.3, -0.25) is 0 Å². The van der Waals surface area contributed by atoms with Crippen LogP contribution < -0.4 is 5.73 Å². The van der Waals surface area contributed by atoms with Gasteiger partial charge in [-0.05, 0) is 27.6 Å². The molecule has 0 atom stereocenters. The van der Waals surface area contributed by atoms with Crippen LogP contribution in [0.3, 0.4) is 0 Å². The molecule has 0 fully saturated rings. The largest absolute Gasteiger partial charge is 0.397 e. The molecule has 62 valence electrons. The molecule has 0 aliphatic rings. The van der Waals surface area contributed by atoms with E-state index in [1.165, 1.54) is 12.1 Å². The van der Waals surface area contributed by atoms with Crippen molar-refractivity contribution in [1.82, 2.24) is 0 Å². The maximum Gasteiger partial charge on any atom is 0.139 e. The average Bonchev–Trinajstić information content (AvgIpc) is 2.07. The fourth-order valence-corrected chi connectivity index (χ4v) is 1.23. The SMILES string of the molecule is N#CCc1ccc(F)c(Br)c1N. The van der Waals surface area contributed by atoms with E-state index in [9.17, 15) is 4.39 Å². The van der Waals surface area contributed by atoms with Crippen LogP contribution >= 0.6 is 15.9 Å². The van der Waals surface area contributed by atoms with Crippen molar-refractivity contribution in [1.29, 1.82) is 5.26 Å². The fourth-order valence-electron chi connectivity index (χ4n) is 0.846. The Hall–Kier alpha value is -1.08. The Balaban J connectivity index is 3.19. The summed E-state index contributed by atoms with van der Waals surface area (Å²) < 4.78 is 13.0. The molecular formula is C8H6BrFN2. The van der Waals surface area contributed by atoms with E-state index in [0.717, 1.165) is 0 Å². The second-order valence-electron chi connectivity index (χ2n) is 2.27. The molecular weight excluding hydrogens is 223 g/mol. The van der Waals surface area contributed by atoms with Crippen molar-refractivity contribution in [3.63, 3.8) is 0 Å². The van der Waals surface area contributed by atoms with E-state index in [1.807, 2.05) is 6.07 Å². The smallest absolute Gasteiger partial charge is 0.139 e. The van der Waals surface area contributed by atoms with Gasteiger partial charge in [-0.15, -0.1) is 0 Å². The van der Waals surface area contributed by atoms with Crippen LogP contribution in [-0.4, -0.2) is 0 Å². The number of benzene rings is 1. The summed E-state index contributed by atoms with van der Waals surface area (Å²) in [5, 5.41) is 8.39. The molecule has 1 rings (SSSR count). The van der Waals surface area contributed by atoms with E-state index < -0.39 is 5.82 Å². The molecule has 1 aromatic rings. The molecule has 0 saturated heterocycles. The van der Waals surface area contributed by atoms with Crippen LogP contribution in [0.1, 0.15) is 5.56 Å². The second-order valence-corrected chi connectivity index (χ2v) is 3.06. The van der Waals surface area contributed by atoms with Crippen molar-refractivity contribution in [2.45, 2.75) is 6.42 Å². The number of anilines is 1. The first-order chi connectivity index (χ1) is 5.66. The standard InChI is InChI=1S/C8H6BrFN2/c9-7-6(10)2-1-5(3-4-11)8(7)12/h1-2H,3,12H2. The Morgan fingerprint density at radius 1 is 1.58 bits per heavy atom. The van der Waals surface area contributed by atoms with Gasteiger partial charge in [0.2, 0.25) is 0 Å². The Morgan fingerprint density at radius 3 is 2.83 bits per heavy atom. The van der Waals surface area contributed by atoms with E-state index in [0.29, 0.717) is 11.3 Å². The lowest BCUT2D eigenvalue weighted by Gasteiger charge is -2.03. The molecule has 0 aliphatic heterocycles. The highest BCUT2D eigenvalue weighted by Crippen LogP contribution is 2.26. The van der Waals surface area contributed by atoms with E-state index in [1.54, 1.807) is 0 Å². The van der Waals surface area contributed by atoms with Crippen molar-refractivity contribution in [3.05, 3.63) is 28.0 Å². The van der Waals surface area contributed by atoms with Crippen LogP contribution in [-0.2, 0) is 6.42 Å². The fraction of sp³-hybridized carbons (Fsp3) is 0.125. The summed E-state index contributed by atoms with van der Waals surface area (Å²) >= 11 is 2.99. The highest BCUT2D eigenvalue weighted by atomic mass is 79.9. The van der Waals surface area contributed by atoms with Gasteiger partial charge in [-0.1, -0.05) is 6.07 Å². The van der Waals surface area contributed by atoms with Gasteiger partial charge < -0.3 is 5.73 Å². The molecule has 2 N–H and O–H groups in total. The quantitative estimate of drug-likeness (QED) is 0.750. The molecule has 2 nitrogen and oxygen atoms in total. The molecule has 12 heavy (non-hydrogen) atoms. The van der Waals surface area contributed by atoms with E-state index in [-0.39, 0.29) is 10.9 Å². The maximum atomic E-state index is 12.8. The van der Waals surface area contributed by atoms with Gasteiger partial charge in [-0.2, -0.15) is 5.26 Å². The van der Waals surface area contributed by atoms with Gasteiger partial charge in [0, 0.05) is 0 Å². The number of hydrogen-bond donors (Lipinski definition) is 1. The summed E-state index contributed by atoms with van der Waals surface area (Å²) in [5.41, 5.74) is 6.48. The van der Waals surface area contributed by atoms with Crippen LogP contribution in [0.15, 0.2) is 16.6 Å². The van der Waals surface area contributed by atoms with Crippen molar-refractivity contribution in [3.8, 4) is 6.07 Å². The zero-order valence-electron chi connectivity index (χ0n) is 6.14. The van der Waals surface area contributed by atoms with Crippen molar-refractivity contribution < 1.29 is 4.39 Å². The maximum absolute atomic E-state index is 12.8. The Kier molecular flexibility index (Phi) is 2.66. The number of rotatable bonds is 1. The highest BCUT2D eigenvalue weighted by Gasteiger charge is 2.06. The number of halogens is 2. The topological polar surface area (TPSA) is 49.8 Å². The summed E-state index contributed by atoms with van der Waals surface area (Å²) in [6.45, 7) is 0. The molecule has 4 heteroatoms. The number of nitrogens with zero attached hydrogens (tertiary/aromatic N) is 1. The molecule has 0 saturated carbocycles. The van der Waals surface area contributed by atoms with E-state index in [4.69, 9.17) is 11.0 Å². The van der Waals surface area contributed by atoms with Crippen molar-refractivity contribution in [2.75, 3.05) is 5.73 Å². The predicted octanol–water partition coefficient (Wildman–Crippen LogP) is 2.24. The minimum atomic E-state index is -0.408. The first-order valence-corrected chi connectivity index (χ1v) is 4.05. The lowest BCUT2D eigenvalue weighted by Crippen LogP contribution is -1.96. The monoisotopic (exact) mass is 228 g/mol. The van der Waals surface area contributed by atoms with Crippen molar-refractivity contribution >= 4 is 21.6 Å². The van der Waals surface area contributed by atoms with Gasteiger partial charge in [-0.25, -0.2) is 4.39 Å². The summed E-state index contributed by atoms with van der Waals surface area (Å²) in [7, 11) is 0. The van der Waals surface area contributed by atoms with E-state index in [2.05, 4.69) is 15.9 Å². The average molecular weight is 229 g/mol. The first-order valence-electron chi connectivity index (χ1n) is 3.26. The Morgan fingerprint density at radius 2 is 2.25 bits per heavy atom. The van der Waals surface area contributed by atoms with Gasteiger partial charge in [0.15, 0.2) is 0 Å². The van der Waals surface area contributed by atoms with Gasteiger partial charge in [0.05, 0.1) is 22.7 Å². The number of nitrogen functional groups attached to an aromatic ring is 1. The number of nitrogens with two attached hydrogens (primary N) is 1. The molecule has 0 spiro atoms. The third-order valence-electron chi connectivity index (χ3n) is 1.49. The number of hydrogen-bond acceptors (Lipinski definition) is 2. The molecule has 1 aromatic carbocycles. The molecule has 0 bridgehead atoms. The minimum Gasteiger partial charge on any atom is -0.397 e. The normalized spacial score (nSPS) is 9.42. The molecule has 0 unspecified atom stereocenters. The number of nitriles is 1. The lowest BCUT2D eigenvalue weighted by molar-refractivity contribution is 0.621. The molecule has 0 amide bonds.